The van der Waals surface area contributed by atoms with E-state index in [1.807, 2.05) is 20.8 Å². The van der Waals surface area contributed by atoms with E-state index in [0.29, 0.717) is 5.92 Å². The molecule has 0 aromatic carbocycles. The van der Waals surface area contributed by atoms with E-state index < -0.39 is 11.2 Å². The number of rotatable bonds is 1. The highest BCUT2D eigenvalue weighted by atomic mass is 16.6. The maximum absolute atomic E-state index is 12.0. The second-order valence-electron chi connectivity index (χ2n) is 8.32. The van der Waals surface area contributed by atoms with Crippen LogP contribution in [0.4, 0.5) is 4.79 Å². The lowest BCUT2D eigenvalue weighted by Crippen LogP contribution is -2.71. The standard InChI is InChI=1S/C16H28N2O3/c1-14(2,3)21-13(19)18-10-15(11-18)8-16(20,9-15)12-4-6-17-7-5-12/h12,17,20H,4-11H2,1-3H3. The number of hydrogen-bond acceptors (Lipinski definition) is 4. The van der Waals surface area contributed by atoms with E-state index in [-0.39, 0.29) is 11.5 Å². The molecule has 2 saturated heterocycles. The van der Waals surface area contributed by atoms with E-state index in [4.69, 9.17) is 4.74 Å². The SMILES string of the molecule is CC(C)(C)OC(=O)N1CC2(C1)CC(O)(C1CCNCC1)C2. The Morgan fingerprint density at radius 2 is 1.81 bits per heavy atom. The number of aliphatic hydroxyl groups is 1. The third kappa shape index (κ3) is 2.90. The molecule has 0 radical (unpaired) electrons. The van der Waals surface area contributed by atoms with Crippen molar-refractivity contribution in [3.63, 3.8) is 0 Å². The second-order valence-corrected chi connectivity index (χ2v) is 8.32. The molecule has 1 spiro atoms. The van der Waals surface area contributed by atoms with Gasteiger partial charge in [0.25, 0.3) is 0 Å². The highest BCUT2D eigenvalue weighted by Gasteiger charge is 2.62. The highest BCUT2D eigenvalue weighted by Crippen LogP contribution is 2.58. The minimum atomic E-state index is -0.484. The Hall–Kier alpha value is -0.810. The van der Waals surface area contributed by atoms with Gasteiger partial charge in [-0.15, -0.1) is 0 Å². The van der Waals surface area contributed by atoms with Gasteiger partial charge in [0.05, 0.1) is 5.60 Å². The van der Waals surface area contributed by atoms with Crippen molar-refractivity contribution in [1.82, 2.24) is 10.2 Å². The Morgan fingerprint density at radius 1 is 1.24 bits per heavy atom. The number of ether oxygens (including phenoxy) is 1. The van der Waals surface area contributed by atoms with Crippen LogP contribution in [0.2, 0.25) is 0 Å². The zero-order chi connectivity index (χ0) is 15.3. The van der Waals surface area contributed by atoms with Gasteiger partial charge in [0.1, 0.15) is 5.60 Å². The van der Waals surface area contributed by atoms with E-state index in [1.54, 1.807) is 4.90 Å². The maximum atomic E-state index is 12.0. The van der Waals surface area contributed by atoms with Crippen molar-refractivity contribution in [2.24, 2.45) is 11.3 Å². The first-order valence-corrected chi connectivity index (χ1v) is 8.13. The first-order chi connectivity index (χ1) is 9.72. The molecule has 0 unspecified atom stereocenters. The molecule has 0 aromatic rings. The zero-order valence-electron chi connectivity index (χ0n) is 13.4. The van der Waals surface area contributed by atoms with Crippen LogP contribution < -0.4 is 5.32 Å². The molecule has 0 bridgehead atoms. The molecule has 3 aliphatic rings. The number of nitrogens with zero attached hydrogens (tertiary/aromatic N) is 1. The molecule has 2 heterocycles. The van der Waals surface area contributed by atoms with Crippen LogP contribution in [0.5, 0.6) is 0 Å². The van der Waals surface area contributed by atoms with Gasteiger partial charge in [0, 0.05) is 18.5 Å². The fraction of sp³-hybridized carbons (Fsp3) is 0.938. The summed E-state index contributed by atoms with van der Waals surface area (Å²) in [6.07, 6.45) is 3.63. The molecule has 21 heavy (non-hydrogen) atoms. The van der Waals surface area contributed by atoms with Crippen molar-refractivity contribution >= 4 is 6.09 Å². The van der Waals surface area contributed by atoms with Gasteiger partial charge in [-0.05, 0) is 65.5 Å². The first kappa shape index (κ1) is 15.1. The van der Waals surface area contributed by atoms with Crippen LogP contribution in [-0.4, -0.2) is 53.5 Å². The Kier molecular flexibility index (Phi) is 3.49. The highest BCUT2D eigenvalue weighted by molar-refractivity contribution is 5.69. The van der Waals surface area contributed by atoms with Gasteiger partial charge < -0.3 is 20.1 Å². The molecule has 3 fully saturated rings. The molecule has 1 saturated carbocycles. The molecule has 2 aliphatic heterocycles. The Morgan fingerprint density at radius 3 is 2.33 bits per heavy atom. The van der Waals surface area contributed by atoms with Gasteiger partial charge in [0.15, 0.2) is 0 Å². The second kappa shape index (κ2) is 4.85. The van der Waals surface area contributed by atoms with Crippen LogP contribution >= 0.6 is 0 Å². The van der Waals surface area contributed by atoms with Crippen LogP contribution in [-0.2, 0) is 4.74 Å². The van der Waals surface area contributed by atoms with Crippen LogP contribution in [0.25, 0.3) is 0 Å². The van der Waals surface area contributed by atoms with Crippen LogP contribution in [0.3, 0.4) is 0 Å². The summed E-state index contributed by atoms with van der Waals surface area (Å²) in [5.74, 6) is 0.431. The number of carbonyl (C=O) groups is 1. The van der Waals surface area contributed by atoms with Gasteiger partial charge in [-0.2, -0.15) is 0 Å². The molecular formula is C16H28N2O3. The summed E-state index contributed by atoms with van der Waals surface area (Å²) in [5, 5.41) is 14.1. The summed E-state index contributed by atoms with van der Waals surface area (Å²) in [4.78, 5) is 13.7. The molecule has 3 rings (SSSR count). The van der Waals surface area contributed by atoms with Crippen molar-refractivity contribution in [3.05, 3.63) is 0 Å². The fourth-order valence-electron chi connectivity index (χ4n) is 4.34. The fourth-order valence-corrected chi connectivity index (χ4v) is 4.34. The maximum Gasteiger partial charge on any atom is 0.410 e. The van der Waals surface area contributed by atoms with Gasteiger partial charge in [0.2, 0.25) is 0 Å². The van der Waals surface area contributed by atoms with Crippen LogP contribution in [0.1, 0.15) is 46.5 Å². The van der Waals surface area contributed by atoms with Crippen LogP contribution in [0, 0.1) is 11.3 Å². The topological polar surface area (TPSA) is 61.8 Å². The Bertz CT molecular complexity index is 410. The summed E-state index contributed by atoms with van der Waals surface area (Å²) in [6.45, 7) is 9.19. The molecule has 1 amide bonds. The first-order valence-electron chi connectivity index (χ1n) is 8.13. The van der Waals surface area contributed by atoms with Crippen molar-refractivity contribution in [2.45, 2.75) is 57.7 Å². The molecule has 0 atom stereocenters. The quantitative estimate of drug-likeness (QED) is 0.774. The minimum absolute atomic E-state index is 0.163. The number of amides is 1. The van der Waals surface area contributed by atoms with Crippen molar-refractivity contribution in [3.8, 4) is 0 Å². The number of nitrogens with one attached hydrogen (secondary N) is 1. The lowest BCUT2D eigenvalue weighted by molar-refractivity contribution is -0.212. The molecule has 1 aliphatic carbocycles. The van der Waals surface area contributed by atoms with Crippen molar-refractivity contribution in [1.29, 1.82) is 0 Å². The van der Waals surface area contributed by atoms with Crippen molar-refractivity contribution in [2.75, 3.05) is 26.2 Å². The number of carbonyl (C=O) groups excluding carboxylic acids is 1. The molecule has 5 nitrogen and oxygen atoms in total. The Labute approximate surface area is 127 Å². The third-order valence-corrected chi connectivity index (χ3v) is 5.17. The molecule has 0 aromatic heterocycles. The van der Waals surface area contributed by atoms with Crippen molar-refractivity contribution < 1.29 is 14.6 Å². The summed E-state index contributed by atoms with van der Waals surface area (Å²) < 4.78 is 5.39. The predicted octanol–water partition coefficient (Wildman–Crippen LogP) is 1.75. The number of piperidine rings is 1. The lowest BCUT2D eigenvalue weighted by atomic mass is 9.51. The molecular weight excluding hydrogens is 268 g/mol. The predicted molar refractivity (Wildman–Crippen MR) is 80.0 cm³/mol. The molecule has 5 heteroatoms. The van der Waals surface area contributed by atoms with Gasteiger partial charge >= 0.3 is 6.09 Å². The molecule has 120 valence electrons. The van der Waals surface area contributed by atoms with Gasteiger partial charge in [-0.25, -0.2) is 4.79 Å². The van der Waals surface area contributed by atoms with E-state index >= 15 is 0 Å². The summed E-state index contributed by atoms with van der Waals surface area (Å²) in [5.41, 5.74) is -0.756. The molecule has 2 N–H and O–H groups in total. The lowest BCUT2D eigenvalue weighted by Gasteiger charge is -2.64. The van der Waals surface area contributed by atoms with Crippen LogP contribution in [0.15, 0.2) is 0 Å². The van der Waals surface area contributed by atoms with Gasteiger partial charge in [-0.1, -0.05) is 0 Å². The minimum Gasteiger partial charge on any atom is -0.444 e. The van der Waals surface area contributed by atoms with E-state index in [1.165, 1.54) is 0 Å². The smallest absolute Gasteiger partial charge is 0.410 e. The van der Waals surface area contributed by atoms with E-state index in [2.05, 4.69) is 5.32 Å². The average molecular weight is 296 g/mol. The average Bonchev–Trinajstić information content (AvgIpc) is 2.30. The normalized spacial score (nSPS) is 27.9. The Balaban J connectivity index is 1.48. The number of hydrogen-bond donors (Lipinski definition) is 2. The van der Waals surface area contributed by atoms with E-state index in [0.717, 1.165) is 51.9 Å². The summed E-state index contributed by atoms with van der Waals surface area (Å²) in [7, 11) is 0. The zero-order valence-corrected chi connectivity index (χ0v) is 13.4. The monoisotopic (exact) mass is 296 g/mol. The van der Waals surface area contributed by atoms with Gasteiger partial charge in [-0.3, -0.25) is 0 Å². The largest absolute Gasteiger partial charge is 0.444 e. The number of likely N-dealkylation sites (tertiary alicyclic amines) is 1. The third-order valence-electron chi connectivity index (χ3n) is 5.17. The summed E-state index contributed by atoms with van der Waals surface area (Å²) in [6, 6.07) is 0. The summed E-state index contributed by atoms with van der Waals surface area (Å²) >= 11 is 0. The van der Waals surface area contributed by atoms with E-state index in [9.17, 15) is 9.90 Å².